The van der Waals surface area contributed by atoms with Gasteiger partial charge in [0.05, 0.1) is 5.41 Å². The number of carboxylic acids is 1. The van der Waals surface area contributed by atoms with Crippen LogP contribution in [0.3, 0.4) is 0 Å². The summed E-state index contributed by atoms with van der Waals surface area (Å²) in [4.78, 5) is 24.1. The van der Waals surface area contributed by atoms with Crippen LogP contribution in [0.5, 0.6) is 0 Å². The minimum atomic E-state index is -1.19. The van der Waals surface area contributed by atoms with Crippen LogP contribution in [0.15, 0.2) is 0 Å². The molecule has 0 radical (unpaired) electrons. The summed E-state index contributed by atoms with van der Waals surface area (Å²) in [5.41, 5.74) is 4.09. The van der Waals surface area contributed by atoms with E-state index in [1.165, 1.54) is 0 Å². The Morgan fingerprint density at radius 1 is 1.25 bits per heavy atom. The van der Waals surface area contributed by atoms with Crippen LogP contribution in [0.25, 0.3) is 0 Å². The Labute approximate surface area is 121 Å². The summed E-state index contributed by atoms with van der Waals surface area (Å²) in [6.07, 6.45) is 6.88. The summed E-state index contributed by atoms with van der Waals surface area (Å²) < 4.78 is 0. The van der Waals surface area contributed by atoms with Gasteiger partial charge in [0, 0.05) is 6.54 Å². The van der Waals surface area contributed by atoms with E-state index in [0.29, 0.717) is 19.4 Å². The van der Waals surface area contributed by atoms with Crippen LogP contribution in [0.4, 0.5) is 0 Å². The molecule has 1 amide bonds. The third-order valence-corrected chi connectivity index (χ3v) is 4.54. The molecule has 1 fully saturated rings. The van der Waals surface area contributed by atoms with Crippen LogP contribution in [-0.4, -0.2) is 29.1 Å². The number of nitrogens with one attached hydrogen (secondary N) is 1. The summed E-state index contributed by atoms with van der Waals surface area (Å²) in [6, 6.07) is 0. The van der Waals surface area contributed by atoms with Crippen molar-refractivity contribution in [3.05, 3.63) is 0 Å². The van der Waals surface area contributed by atoms with E-state index in [9.17, 15) is 14.7 Å². The second kappa shape index (κ2) is 7.07. The first-order valence-corrected chi connectivity index (χ1v) is 7.66. The highest BCUT2D eigenvalue weighted by Crippen LogP contribution is 2.35. The Morgan fingerprint density at radius 2 is 1.80 bits per heavy atom. The van der Waals surface area contributed by atoms with E-state index in [4.69, 9.17) is 5.73 Å². The lowest BCUT2D eigenvalue weighted by Crippen LogP contribution is -2.57. The highest BCUT2D eigenvalue weighted by atomic mass is 16.4. The van der Waals surface area contributed by atoms with Gasteiger partial charge in [-0.3, -0.25) is 4.79 Å². The molecule has 0 aromatic rings. The zero-order valence-corrected chi connectivity index (χ0v) is 12.7. The molecule has 5 heteroatoms. The molecule has 0 aromatic carbocycles. The van der Waals surface area contributed by atoms with Crippen molar-refractivity contribution in [2.75, 3.05) is 6.54 Å². The number of aliphatic carboxylic acids is 1. The van der Waals surface area contributed by atoms with E-state index >= 15 is 0 Å². The SMILES string of the molecule is CCCC(C)(NC(=O)C1(CN)CCCCCC1)C(=O)O. The molecular formula is C15H28N2O3. The first-order valence-electron chi connectivity index (χ1n) is 7.66. The van der Waals surface area contributed by atoms with Gasteiger partial charge in [-0.1, -0.05) is 39.0 Å². The zero-order valence-electron chi connectivity index (χ0n) is 12.7. The maximum atomic E-state index is 12.6. The Balaban J connectivity index is 2.87. The van der Waals surface area contributed by atoms with Crippen LogP contribution < -0.4 is 11.1 Å². The van der Waals surface area contributed by atoms with Crippen molar-refractivity contribution in [3.8, 4) is 0 Å². The number of carbonyl (C=O) groups excluding carboxylic acids is 1. The number of hydrogen-bond donors (Lipinski definition) is 3. The molecule has 1 aliphatic rings. The van der Waals surface area contributed by atoms with E-state index in [0.717, 1.165) is 38.5 Å². The van der Waals surface area contributed by atoms with Gasteiger partial charge >= 0.3 is 5.97 Å². The van der Waals surface area contributed by atoms with E-state index in [-0.39, 0.29) is 5.91 Å². The Kier molecular flexibility index (Phi) is 5.99. The third-order valence-electron chi connectivity index (χ3n) is 4.54. The van der Waals surface area contributed by atoms with E-state index in [2.05, 4.69) is 5.32 Å². The number of nitrogens with two attached hydrogens (primary N) is 1. The van der Waals surface area contributed by atoms with Gasteiger partial charge in [0.15, 0.2) is 0 Å². The lowest BCUT2D eigenvalue weighted by atomic mass is 9.78. The largest absolute Gasteiger partial charge is 0.480 e. The number of carboxylic acid groups (broad SMARTS) is 1. The molecule has 5 nitrogen and oxygen atoms in total. The average molecular weight is 284 g/mol. The molecule has 1 aliphatic carbocycles. The molecule has 0 bridgehead atoms. The normalized spacial score (nSPS) is 21.6. The molecule has 0 aromatic heterocycles. The van der Waals surface area contributed by atoms with Crippen LogP contribution in [0.1, 0.15) is 65.2 Å². The first-order chi connectivity index (χ1) is 9.40. The van der Waals surface area contributed by atoms with Crippen LogP contribution in [-0.2, 0) is 9.59 Å². The van der Waals surface area contributed by atoms with Gasteiger partial charge in [-0.05, 0) is 26.2 Å². The molecule has 0 spiro atoms. The minimum Gasteiger partial charge on any atom is -0.480 e. The maximum absolute atomic E-state index is 12.6. The molecule has 116 valence electrons. The van der Waals surface area contributed by atoms with Crippen molar-refractivity contribution in [1.82, 2.24) is 5.32 Å². The molecule has 1 unspecified atom stereocenters. The Morgan fingerprint density at radius 3 is 2.20 bits per heavy atom. The van der Waals surface area contributed by atoms with Crippen molar-refractivity contribution in [2.45, 2.75) is 70.8 Å². The maximum Gasteiger partial charge on any atom is 0.329 e. The van der Waals surface area contributed by atoms with Gasteiger partial charge in [-0.15, -0.1) is 0 Å². The van der Waals surface area contributed by atoms with Crippen molar-refractivity contribution < 1.29 is 14.7 Å². The minimum absolute atomic E-state index is 0.180. The van der Waals surface area contributed by atoms with Gasteiger partial charge in [0.2, 0.25) is 5.91 Å². The lowest BCUT2D eigenvalue weighted by Gasteiger charge is -2.35. The predicted molar refractivity (Wildman–Crippen MR) is 78.3 cm³/mol. The first kappa shape index (κ1) is 17.0. The fraction of sp³-hybridized carbons (Fsp3) is 0.867. The summed E-state index contributed by atoms with van der Waals surface area (Å²) >= 11 is 0. The quantitative estimate of drug-likeness (QED) is 0.651. The monoisotopic (exact) mass is 284 g/mol. The molecule has 0 saturated heterocycles. The molecule has 20 heavy (non-hydrogen) atoms. The zero-order chi connectivity index (χ0) is 15.2. The van der Waals surface area contributed by atoms with E-state index < -0.39 is 16.9 Å². The molecule has 1 saturated carbocycles. The number of hydrogen-bond acceptors (Lipinski definition) is 3. The van der Waals surface area contributed by atoms with E-state index in [1.54, 1.807) is 6.92 Å². The van der Waals surface area contributed by atoms with Gasteiger partial charge in [0.25, 0.3) is 0 Å². The molecule has 0 heterocycles. The summed E-state index contributed by atoms with van der Waals surface area (Å²) in [5, 5.41) is 12.1. The molecule has 0 aliphatic heterocycles. The highest BCUT2D eigenvalue weighted by Gasteiger charge is 2.42. The molecular weight excluding hydrogens is 256 g/mol. The summed E-state index contributed by atoms with van der Waals surface area (Å²) in [6.45, 7) is 3.79. The van der Waals surface area contributed by atoms with Crippen molar-refractivity contribution in [3.63, 3.8) is 0 Å². The fourth-order valence-corrected chi connectivity index (χ4v) is 3.04. The summed E-state index contributed by atoms with van der Waals surface area (Å²) in [5.74, 6) is -1.16. The number of carbonyl (C=O) groups is 2. The summed E-state index contributed by atoms with van der Waals surface area (Å²) in [7, 11) is 0. The van der Waals surface area contributed by atoms with Gasteiger partial charge in [-0.25, -0.2) is 4.79 Å². The van der Waals surface area contributed by atoms with Crippen molar-refractivity contribution >= 4 is 11.9 Å². The lowest BCUT2D eigenvalue weighted by molar-refractivity contribution is -0.149. The number of amides is 1. The van der Waals surface area contributed by atoms with Crippen molar-refractivity contribution in [1.29, 1.82) is 0 Å². The fourth-order valence-electron chi connectivity index (χ4n) is 3.04. The van der Waals surface area contributed by atoms with Crippen LogP contribution in [0, 0.1) is 5.41 Å². The van der Waals surface area contributed by atoms with Gasteiger partial charge in [-0.2, -0.15) is 0 Å². The third kappa shape index (κ3) is 3.72. The topological polar surface area (TPSA) is 92.4 Å². The average Bonchev–Trinajstić information content (AvgIpc) is 2.65. The number of rotatable bonds is 6. The van der Waals surface area contributed by atoms with Gasteiger partial charge in [0.1, 0.15) is 5.54 Å². The van der Waals surface area contributed by atoms with Crippen LogP contribution in [0.2, 0.25) is 0 Å². The predicted octanol–water partition coefficient (Wildman–Crippen LogP) is 2.05. The second-order valence-electron chi connectivity index (χ2n) is 6.24. The smallest absolute Gasteiger partial charge is 0.329 e. The van der Waals surface area contributed by atoms with E-state index in [1.807, 2.05) is 6.92 Å². The van der Waals surface area contributed by atoms with Crippen molar-refractivity contribution in [2.24, 2.45) is 11.1 Å². The second-order valence-corrected chi connectivity index (χ2v) is 6.24. The van der Waals surface area contributed by atoms with Gasteiger partial charge < -0.3 is 16.2 Å². The highest BCUT2D eigenvalue weighted by molar-refractivity contribution is 5.89. The Hall–Kier alpha value is -1.10. The molecule has 1 rings (SSSR count). The molecule has 4 N–H and O–H groups in total. The van der Waals surface area contributed by atoms with Crippen LogP contribution >= 0.6 is 0 Å². The molecule has 1 atom stereocenters. The standard InChI is InChI=1S/C15H28N2O3/c1-3-8-14(2,13(19)20)17-12(18)15(11-16)9-6-4-5-7-10-15/h3-11,16H2,1-2H3,(H,17,18)(H,19,20). The Bertz CT molecular complexity index is 349.